The highest BCUT2D eigenvalue weighted by molar-refractivity contribution is 5.82. The highest BCUT2D eigenvalue weighted by Gasteiger charge is 2.12. The van der Waals surface area contributed by atoms with Crippen LogP contribution < -0.4 is 4.90 Å². The second-order valence-corrected chi connectivity index (χ2v) is 11.0. The van der Waals surface area contributed by atoms with Gasteiger partial charge in [0.15, 0.2) is 0 Å². The van der Waals surface area contributed by atoms with Crippen LogP contribution in [0, 0.1) is 0 Å². The molecule has 0 radical (unpaired) electrons. The molecule has 46 heavy (non-hydrogen) atoms. The fraction of sp³-hybridized carbons (Fsp3) is 0.0222. The number of anilines is 3. The van der Waals surface area contributed by atoms with E-state index in [1.807, 2.05) is 6.92 Å². The molecule has 0 heterocycles. The lowest BCUT2D eigenvalue weighted by molar-refractivity contribution is 1.28. The van der Waals surface area contributed by atoms with Crippen LogP contribution in [0.4, 0.5) is 17.1 Å². The van der Waals surface area contributed by atoms with Crippen LogP contribution in [-0.2, 0) is 0 Å². The normalized spacial score (nSPS) is 11.3. The third kappa shape index (κ3) is 7.77. The SMILES string of the molecule is C/C=C/c1ccc(N(c2ccccc2)c2ccc(/C=C\c3ccc(/C=C/C=C(c4ccccc4)c4ccccc4)cc3)cc2)cc1. The Morgan fingerprint density at radius 1 is 0.391 bits per heavy atom. The Morgan fingerprint density at radius 2 is 0.761 bits per heavy atom. The molecule has 0 amide bonds. The minimum atomic E-state index is 1.12. The van der Waals surface area contributed by atoms with Crippen LogP contribution in [0.5, 0.6) is 0 Å². The first-order valence-corrected chi connectivity index (χ1v) is 15.7. The van der Waals surface area contributed by atoms with Crippen LogP contribution in [-0.4, -0.2) is 0 Å². The van der Waals surface area contributed by atoms with Crippen molar-refractivity contribution in [1.29, 1.82) is 0 Å². The zero-order valence-electron chi connectivity index (χ0n) is 26.1. The average molecular weight is 592 g/mol. The predicted molar refractivity (Wildman–Crippen MR) is 200 cm³/mol. The molecule has 0 atom stereocenters. The molecule has 0 N–H and O–H groups in total. The average Bonchev–Trinajstić information content (AvgIpc) is 3.12. The van der Waals surface area contributed by atoms with E-state index in [4.69, 9.17) is 0 Å². The second kappa shape index (κ2) is 15.2. The lowest BCUT2D eigenvalue weighted by atomic mass is 9.97. The van der Waals surface area contributed by atoms with Crippen LogP contribution in [0.25, 0.3) is 29.9 Å². The van der Waals surface area contributed by atoms with Gasteiger partial charge in [-0.25, -0.2) is 0 Å². The molecule has 1 heteroatoms. The monoisotopic (exact) mass is 591 g/mol. The number of hydrogen-bond acceptors (Lipinski definition) is 1. The van der Waals surface area contributed by atoms with E-state index in [0.29, 0.717) is 0 Å². The molecule has 0 fully saturated rings. The predicted octanol–water partition coefficient (Wildman–Crippen LogP) is 12.5. The first-order chi connectivity index (χ1) is 22.8. The number of para-hydroxylation sites is 1. The molecule has 0 aromatic heterocycles. The molecular formula is C45H37N. The molecule has 0 aliphatic rings. The summed E-state index contributed by atoms with van der Waals surface area (Å²) in [6, 6.07) is 57.6. The summed E-state index contributed by atoms with van der Waals surface area (Å²) in [5.41, 5.74) is 11.7. The summed E-state index contributed by atoms with van der Waals surface area (Å²) in [6.07, 6.45) is 15.0. The van der Waals surface area contributed by atoms with E-state index in [1.165, 1.54) is 22.3 Å². The first kappa shape index (κ1) is 30.1. The number of rotatable bonds is 10. The molecule has 0 saturated heterocycles. The Kier molecular flexibility index (Phi) is 9.95. The number of benzene rings is 6. The van der Waals surface area contributed by atoms with Gasteiger partial charge in [-0.2, -0.15) is 0 Å². The third-order valence-electron chi connectivity index (χ3n) is 7.80. The van der Waals surface area contributed by atoms with Gasteiger partial charge in [0.1, 0.15) is 0 Å². The molecular weight excluding hydrogens is 555 g/mol. The van der Waals surface area contributed by atoms with Crippen LogP contribution in [0.15, 0.2) is 182 Å². The van der Waals surface area contributed by atoms with Crippen LogP contribution in [0.1, 0.15) is 40.3 Å². The van der Waals surface area contributed by atoms with Crippen molar-refractivity contribution >= 4 is 46.9 Å². The Morgan fingerprint density at radius 3 is 1.22 bits per heavy atom. The molecule has 0 aliphatic heterocycles. The summed E-state index contributed by atoms with van der Waals surface area (Å²) < 4.78 is 0. The van der Waals surface area contributed by atoms with E-state index in [-0.39, 0.29) is 0 Å². The van der Waals surface area contributed by atoms with E-state index in [9.17, 15) is 0 Å². The van der Waals surface area contributed by atoms with E-state index in [1.54, 1.807) is 0 Å². The molecule has 6 rings (SSSR count). The summed E-state index contributed by atoms with van der Waals surface area (Å²) in [7, 11) is 0. The van der Waals surface area contributed by atoms with Crippen LogP contribution >= 0.6 is 0 Å². The minimum absolute atomic E-state index is 1.12. The molecule has 0 bridgehead atoms. The van der Waals surface area contributed by atoms with Crippen molar-refractivity contribution < 1.29 is 0 Å². The highest BCUT2D eigenvalue weighted by atomic mass is 15.1. The maximum atomic E-state index is 2.29. The van der Waals surface area contributed by atoms with Crippen molar-refractivity contribution in [3.05, 3.63) is 215 Å². The molecule has 0 aliphatic carbocycles. The van der Waals surface area contributed by atoms with E-state index in [2.05, 4.69) is 211 Å². The van der Waals surface area contributed by atoms with E-state index in [0.717, 1.165) is 33.8 Å². The van der Waals surface area contributed by atoms with Crippen molar-refractivity contribution in [2.75, 3.05) is 4.90 Å². The molecule has 6 aromatic rings. The standard InChI is InChI=1S/C45H37N/c1-2-13-36-28-32-43(33-29-36)46(42-19-10-5-11-20-42)44-34-30-39(31-35-44)27-26-38-24-22-37(23-25-38)14-12-21-45(40-15-6-3-7-16-40)41-17-8-4-9-18-41/h2-35H,1H3/b13-2+,14-12+,27-26-. The summed E-state index contributed by atoms with van der Waals surface area (Å²) in [5, 5.41) is 0. The maximum Gasteiger partial charge on any atom is 0.0462 e. The molecule has 0 unspecified atom stereocenters. The van der Waals surface area contributed by atoms with Gasteiger partial charge in [-0.1, -0.05) is 170 Å². The summed E-state index contributed by atoms with van der Waals surface area (Å²) in [4.78, 5) is 2.29. The van der Waals surface area contributed by atoms with Crippen molar-refractivity contribution in [2.24, 2.45) is 0 Å². The molecule has 0 spiro atoms. The van der Waals surface area contributed by atoms with Crippen molar-refractivity contribution in [3.8, 4) is 0 Å². The van der Waals surface area contributed by atoms with Gasteiger partial charge in [-0.15, -0.1) is 0 Å². The minimum Gasteiger partial charge on any atom is -0.311 e. The molecule has 6 aromatic carbocycles. The topological polar surface area (TPSA) is 3.24 Å². The van der Waals surface area contributed by atoms with Gasteiger partial charge >= 0.3 is 0 Å². The summed E-state index contributed by atoms with van der Waals surface area (Å²) >= 11 is 0. The first-order valence-electron chi connectivity index (χ1n) is 15.7. The second-order valence-electron chi connectivity index (χ2n) is 11.0. The zero-order valence-corrected chi connectivity index (χ0v) is 26.1. The summed E-state index contributed by atoms with van der Waals surface area (Å²) in [6.45, 7) is 2.04. The maximum absolute atomic E-state index is 2.29. The quantitative estimate of drug-likeness (QED) is 0.113. The van der Waals surface area contributed by atoms with Gasteiger partial charge < -0.3 is 4.90 Å². The lowest BCUT2D eigenvalue weighted by Crippen LogP contribution is -2.09. The van der Waals surface area contributed by atoms with Crippen LogP contribution in [0.3, 0.4) is 0 Å². The Hall–Kier alpha value is -5.92. The smallest absolute Gasteiger partial charge is 0.0462 e. The van der Waals surface area contributed by atoms with Gasteiger partial charge in [-0.05, 0) is 82.3 Å². The van der Waals surface area contributed by atoms with E-state index >= 15 is 0 Å². The van der Waals surface area contributed by atoms with Gasteiger partial charge in [-0.3, -0.25) is 0 Å². The van der Waals surface area contributed by atoms with Crippen molar-refractivity contribution in [2.45, 2.75) is 6.92 Å². The zero-order chi connectivity index (χ0) is 31.4. The third-order valence-corrected chi connectivity index (χ3v) is 7.80. The molecule has 222 valence electrons. The Balaban J connectivity index is 1.16. The molecule has 0 saturated carbocycles. The fourth-order valence-electron chi connectivity index (χ4n) is 5.45. The van der Waals surface area contributed by atoms with Gasteiger partial charge in [0.2, 0.25) is 0 Å². The summed E-state index contributed by atoms with van der Waals surface area (Å²) in [5.74, 6) is 0. The van der Waals surface area contributed by atoms with E-state index < -0.39 is 0 Å². The van der Waals surface area contributed by atoms with Crippen LogP contribution in [0.2, 0.25) is 0 Å². The van der Waals surface area contributed by atoms with Crippen molar-refractivity contribution in [3.63, 3.8) is 0 Å². The number of nitrogens with zero attached hydrogens (tertiary/aromatic N) is 1. The number of allylic oxidation sites excluding steroid dienone is 3. The van der Waals surface area contributed by atoms with Gasteiger partial charge in [0, 0.05) is 17.1 Å². The molecule has 1 nitrogen and oxygen atoms in total. The van der Waals surface area contributed by atoms with Crippen molar-refractivity contribution in [1.82, 2.24) is 0 Å². The highest BCUT2D eigenvalue weighted by Crippen LogP contribution is 2.34. The van der Waals surface area contributed by atoms with Gasteiger partial charge in [0.25, 0.3) is 0 Å². The van der Waals surface area contributed by atoms with Gasteiger partial charge in [0.05, 0.1) is 0 Å². The number of hydrogen-bond donors (Lipinski definition) is 0. The largest absolute Gasteiger partial charge is 0.311 e. The Bertz CT molecular complexity index is 1890. The fourth-order valence-corrected chi connectivity index (χ4v) is 5.45. The lowest BCUT2D eigenvalue weighted by Gasteiger charge is -2.25. The Labute approximate surface area is 273 Å².